The van der Waals surface area contributed by atoms with Crippen molar-refractivity contribution >= 4 is 5.97 Å². The van der Waals surface area contributed by atoms with Gasteiger partial charge in [-0.3, -0.25) is 0 Å². The van der Waals surface area contributed by atoms with E-state index in [9.17, 15) is 9.18 Å². The average Bonchev–Trinajstić information content (AvgIpc) is 2.89. The summed E-state index contributed by atoms with van der Waals surface area (Å²) in [4.78, 5) is 10.6. The van der Waals surface area contributed by atoms with Crippen LogP contribution in [0.4, 0.5) is 4.39 Å². The number of carboxylic acids is 1. The van der Waals surface area contributed by atoms with E-state index in [2.05, 4.69) is 10.3 Å². The smallest absolute Gasteiger partial charge is 0.358 e. The third kappa shape index (κ3) is 3.08. The van der Waals surface area contributed by atoms with Crippen LogP contribution in [-0.2, 0) is 6.54 Å². The first-order valence-corrected chi connectivity index (χ1v) is 5.56. The topological polar surface area (TPSA) is 101 Å². The molecule has 8 heteroatoms. The Morgan fingerprint density at radius 2 is 2.35 bits per heavy atom. The van der Waals surface area contributed by atoms with Crippen molar-refractivity contribution < 1.29 is 19.0 Å². The number of aromatic nitrogens is 3. The highest BCUT2D eigenvalue weighted by molar-refractivity contribution is 5.84. The summed E-state index contributed by atoms with van der Waals surface area (Å²) in [6.07, 6.45) is 1.25. The van der Waals surface area contributed by atoms with Gasteiger partial charge in [0.15, 0.2) is 17.3 Å². The number of carbonyl (C=O) groups is 1. The Bertz CT molecular complexity index is 678. The molecule has 0 aliphatic heterocycles. The van der Waals surface area contributed by atoms with Gasteiger partial charge in [-0.2, -0.15) is 5.26 Å². The maximum absolute atomic E-state index is 13.5. The fraction of sp³-hybridized carbons (Fsp3) is 0.167. The lowest BCUT2D eigenvalue weighted by molar-refractivity contribution is 0.0690. The van der Waals surface area contributed by atoms with Crippen LogP contribution in [0, 0.1) is 17.1 Å². The Hall–Kier alpha value is -2.95. The lowest BCUT2D eigenvalue weighted by atomic mass is 10.2. The van der Waals surface area contributed by atoms with Crippen molar-refractivity contribution in [3.05, 3.63) is 41.5 Å². The number of nitriles is 1. The molecule has 0 saturated carbocycles. The van der Waals surface area contributed by atoms with Crippen LogP contribution < -0.4 is 4.74 Å². The zero-order valence-corrected chi connectivity index (χ0v) is 10.2. The summed E-state index contributed by atoms with van der Waals surface area (Å²) in [6, 6.07) is 5.69. The summed E-state index contributed by atoms with van der Waals surface area (Å²) in [5.41, 5.74) is 0.0341. The second-order valence-corrected chi connectivity index (χ2v) is 3.78. The average molecular weight is 276 g/mol. The Morgan fingerprint density at radius 3 is 2.95 bits per heavy atom. The zero-order chi connectivity index (χ0) is 14.5. The van der Waals surface area contributed by atoms with Gasteiger partial charge in [0.05, 0.1) is 24.4 Å². The van der Waals surface area contributed by atoms with E-state index in [1.165, 1.54) is 23.0 Å². The summed E-state index contributed by atoms with van der Waals surface area (Å²) < 4.78 is 20.0. The highest BCUT2D eigenvalue weighted by Gasteiger charge is 2.08. The Labute approximate surface area is 112 Å². The van der Waals surface area contributed by atoms with Crippen molar-refractivity contribution in [2.24, 2.45) is 0 Å². The van der Waals surface area contributed by atoms with Crippen molar-refractivity contribution in [3.63, 3.8) is 0 Å². The largest absolute Gasteiger partial charge is 0.489 e. The molecule has 1 heterocycles. The van der Waals surface area contributed by atoms with Gasteiger partial charge in [0.2, 0.25) is 0 Å². The van der Waals surface area contributed by atoms with Gasteiger partial charge in [0.25, 0.3) is 0 Å². The number of ether oxygens (including phenoxy) is 1. The SMILES string of the molecule is N#Cc1ccc(OCCn2cc(C(=O)O)nn2)c(F)c1. The van der Waals surface area contributed by atoms with Gasteiger partial charge >= 0.3 is 5.97 Å². The van der Waals surface area contributed by atoms with Crippen LogP contribution in [-0.4, -0.2) is 32.7 Å². The minimum absolute atomic E-state index is 0.0163. The molecular weight excluding hydrogens is 267 g/mol. The molecule has 0 unspecified atom stereocenters. The number of benzene rings is 1. The minimum atomic E-state index is -1.17. The van der Waals surface area contributed by atoms with E-state index >= 15 is 0 Å². The standard InChI is InChI=1S/C12H9FN4O3/c13-9-5-8(6-14)1-2-11(9)20-4-3-17-7-10(12(18)19)15-16-17/h1-2,5,7H,3-4H2,(H,18,19). The highest BCUT2D eigenvalue weighted by Crippen LogP contribution is 2.17. The number of hydrogen-bond donors (Lipinski definition) is 1. The van der Waals surface area contributed by atoms with Gasteiger partial charge in [0, 0.05) is 0 Å². The summed E-state index contributed by atoms with van der Waals surface area (Å²) in [5.74, 6) is -1.79. The van der Waals surface area contributed by atoms with Crippen LogP contribution in [0.25, 0.3) is 0 Å². The van der Waals surface area contributed by atoms with Gasteiger partial charge in [0.1, 0.15) is 6.61 Å². The van der Waals surface area contributed by atoms with Crippen molar-refractivity contribution in [2.45, 2.75) is 6.54 Å². The van der Waals surface area contributed by atoms with Gasteiger partial charge in [-0.1, -0.05) is 5.21 Å². The molecule has 1 N–H and O–H groups in total. The number of halogens is 1. The minimum Gasteiger partial charge on any atom is -0.489 e. The van der Waals surface area contributed by atoms with Crippen LogP contribution in [0.3, 0.4) is 0 Å². The summed E-state index contributed by atoms with van der Waals surface area (Å²) in [6.45, 7) is 0.310. The van der Waals surface area contributed by atoms with Gasteiger partial charge in [-0.05, 0) is 18.2 Å². The molecule has 0 amide bonds. The van der Waals surface area contributed by atoms with Crippen LogP contribution in [0.5, 0.6) is 5.75 Å². The first-order chi connectivity index (χ1) is 9.60. The van der Waals surface area contributed by atoms with Crippen molar-refractivity contribution in [1.82, 2.24) is 15.0 Å². The Morgan fingerprint density at radius 1 is 1.55 bits per heavy atom. The molecule has 7 nitrogen and oxygen atoms in total. The van der Waals surface area contributed by atoms with E-state index in [0.29, 0.717) is 0 Å². The molecule has 2 rings (SSSR count). The zero-order valence-electron chi connectivity index (χ0n) is 10.2. The lowest BCUT2D eigenvalue weighted by Crippen LogP contribution is -2.09. The number of aromatic carboxylic acids is 1. The van der Waals surface area contributed by atoms with E-state index < -0.39 is 11.8 Å². The fourth-order valence-electron chi connectivity index (χ4n) is 1.44. The second-order valence-electron chi connectivity index (χ2n) is 3.78. The number of carboxylic acid groups (broad SMARTS) is 1. The van der Waals surface area contributed by atoms with E-state index in [4.69, 9.17) is 15.1 Å². The van der Waals surface area contributed by atoms with Crippen molar-refractivity contribution in [2.75, 3.05) is 6.61 Å². The van der Waals surface area contributed by atoms with Crippen molar-refractivity contribution in [3.8, 4) is 11.8 Å². The predicted molar refractivity (Wildman–Crippen MR) is 63.6 cm³/mol. The van der Waals surface area contributed by atoms with Crippen LogP contribution in [0.2, 0.25) is 0 Å². The molecule has 1 aromatic carbocycles. The Kier molecular flexibility index (Phi) is 3.91. The summed E-state index contributed by atoms with van der Waals surface area (Å²) in [7, 11) is 0. The van der Waals surface area contributed by atoms with Gasteiger partial charge in [-0.25, -0.2) is 13.9 Å². The van der Waals surface area contributed by atoms with E-state index in [1.807, 2.05) is 6.07 Å². The number of hydrogen-bond acceptors (Lipinski definition) is 5. The van der Waals surface area contributed by atoms with Crippen LogP contribution in [0.15, 0.2) is 24.4 Å². The van der Waals surface area contributed by atoms with Gasteiger partial charge < -0.3 is 9.84 Å². The predicted octanol–water partition coefficient (Wildman–Crippen LogP) is 1.07. The molecule has 0 aliphatic carbocycles. The molecule has 20 heavy (non-hydrogen) atoms. The van der Waals surface area contributed by atoms with E-state index in [-0.39, 0.29) is 30.2 Å². The first kappa shape index (κ1) is 13.5. The number of nitrogens with zero attached hydrogens (tertiary/aromatic N) is 4. The first-order valence-electron chi connectivity index (χ1n) is 5.56. The molecule has 1 aromatic heterocycles. The van der Waals surface area contributed by atoms with Gasteiger partial charge in [-0.15, -0.1) is 5.10 Å². The van der Waals surface area contributed by atoms with Crippen LogP contribution >= 0.6 is 0 Å². The molecule has 0 atom stereocenters. The normalized spacial score (nSPS) is 10.0. The third-order valence-electron chi connectivity index (χ3n) is 2.40. The number of rotatable bonds is 5. The van der Waals surface area contributed by atoms with Crippen LogP contribution in [0.1, 0.15) is 16.1 Å². The molecular formula is C12H9FN4O3. The molecule has 0 aliphatic rings. The third-order valence-corrected chi connectivity index (χ3v) is 2.40. The molecule has 0 fully saturated rings. The van der Waals surface area contributed by atoms with E-state index in [1.54, 1.807) is 0 Å². The quantitative estimate of drug-likeness (QED) is 0.876. The summed E-state index contributed by atoms with van der Waals surface area (Å²) in [5, 5.41) is 24.3. The highest BCUT2D eigenvalue weighted by atomic mass is 19.1. The Balaban J connectivity index is 1.92. The molecule has 2 aromatic rings. The molecule has 0 spiro atoms. The molecule has 0 saturated heterocycles. The molecule has 0 bridgehead atoms. The summed E-state index contributed by atoms with van der Waals surface area (Å²) >= 11 is 0. The maximum atomic E-state index is 13.5. The van der Waals surface area contributed by atoms with Crippen molar-refractivity contribution in [1.29, 1.82) is 5.26 Å². The van der Waals surface area contributed by atoms with E-state index in [0.717, 1.165) is 6.07 Å². The fourth-order valence-corrected chi connectivity index (χ4v) is 1.44. The molecule has 102 valence electrons. The maximum Gasteiger partial charge on any atom is 0.358 e. The monoisotopic (exact) mass is 276 g/mol. The second kappa shape index (κ2) is 5.79. The molecule has 0 radical (unpaired) electrons. The lowest BCUT2D eigenvalue weighted by Gasteiger charge is -2.06.